The first kappa shape index (κ1) is 64.4. The van der Waals surface area contributed by atoms with Crippen LogP contribution in [0.4, 0.5) is 0 Å². The Morgan fingerprint density at radius 3 is 0.910 bits per heavy atom. The second-order valence-corrected chi connectivity index (χ2v) is 19.5. The third-order valence-corrected chi connectivity index (χ3v) is 12.8. The van der Waals surface area contributed by atoms with Gasteiger partial charge in [0.05, 0.1) is 0 Å². The predicted molar refractivity (Wildman–Crippen MR) is 289 cm³/mol. The molecule has 0 bridgehead atoms. The number of allylic oxidation sites excluding steroid dienone is 8. The highest BCUT2D eigenvalue weighted by Gasteiger charge is 2.19. The van der Waals surface area contributed by atoms with Crippen LogP contribution in [0.5, 0.6) is 0 Å². The molecule has 6 heteroatoms. The fraction of sp³-hybridized carbons (Fsp3) is 0.820. The molecule has 0 saturated carbocycles. The van der Waals surface area contributed by atoms with E-state index >= 15 is 0 Å². The molecule has 0 aromatic carbocycles. The number of esters is 3. The standard InChI is InChI=1S/C61H110O6/c1-4-7-10-13-16-19-22-24-26-28-30-32-34-36-39-42-45-48-51-54-60(63)66-57-58(56-65-59(62)53-50-47-44-41-38-21-18-15-12-9-6-3)67-61(64)55-52-49-46-43-40-37-35-33-31-29-27-25-23-20-17-14-11-8-5-2/h15-16,18-19,24,26,29,31,58H,4-14,17,20-23,25,27-28,30,32-57H2,1-3H3/b18-15-,19-16-,26-24-,31-29-/t58-/m1/s1. The lowest BCUT2D eigenvalue weighted by atomic mass is 10.1. The maximum absolute atomic E-state index is 12.9. The molecular formula is C61H110O6. The molecular weight excluding hydrogens is 829 g/mol. The van der Waals surface area contributed by atoms with E-state index in [1.165, 1.54) is 193 Å². The van der Waals surface area contributed by atoms with E-state index in [2.05, 4.69) is 69.4 Å². The van der Waals surface area contributed by atoms with Crippen molar-refractivity contribution in [3.8, 4) is 0 Å². The molecule has 6 nitrogen and oxygen atoms in total. The summed E-state index contributed by atoms with van der Waals surface area (Å²) in [5, 5.41) is 0. The maximum Gasteiger partial charge on any atom is 0.306 e. The molecule has 0 aromatic heterocycles. The normalized spacial score (nSPS) is 12.3. The Labute approximate surface area is 416 Å². The Kier molecular flexibility index (Phi) is 53.8. The second kappa shape index (κ2) is 56.0. The van der Waals surface area contributed by atoms with Gasteiger partial charge in [0.2, 0.25) is 0 Å². The summed E-state index contributed by atoms with van der Waals surface area (Å²) in [6.07, 6.45) is 68.2. The first-order valence-electron chi connectivity index (χ1n) is 29.1. The van der Waals surface area contributed by atoms with Crippen molar-refractivity contribution in [2.45, 2.75) is 309 Å². The zero-order chi connectivity index (χ0) is 48.6. The van der Waals surface area contributed by atoms with E-state index in [1.807, 2.05) is 0 Å². The molecule has 0 rings (SSSR count). The van der Waals surface area contributed by atoms with E-state index in [-0.39, 0.29) is 31.1 Å². The molecule has 0 heterocycles. The van der Waals surface area contributed by atoms with Crippen LogP contribution >= 0.6 is 0 Å². The SMILES string of the molecule is CCCC/C=C\CCCCCCCC(=O)OC[C@H](COC(=O)CCCCCCCCCCC/C=C\C/C=C\CCCCC)OC(=O)CCCCCCCCC/C=C\CCCCCCCCCC. The first-order chi connectivity index (χ1) is 33.0. The van der Waals surface area contributed by atoms with Crippen LogP contribution in [-0.2, 0) is 28.6 Å². The van der Waals surface area contributed by atoms with E-state index in [4.69, 9.17) is 14.2 Å². The maximum atomic E-state index is 12.9. The number of carbonyl (C=O) groups excluding carboxylic acids is 3. The van der Waals surface area contributed by atoms with Gasteiger partial charge in [-0.3, -0.25) is 14.4 Å². The molecule has 0 aliphatic heterocycles. The molecule has 0 aliphatic carbocycles. The lowest BCUT2D eigenvalue weighted by molar-refractivity contribution is -0.167. The van der Waals surface area contributed by atoms with Gasteiger partial charge in [-0.15, -0.1) is 0 Å². The van der Waals surface area contributed by atoms with Gasteiger partial charge in [-0.25, -0.2) is 0 Å². The lowest BCUT2D eigenvalue weighted by Gasteiger charge is -2.18. The van der Waals surface area contributed by atoms with Gasteiger partial charge in [0.15, 0.2) is 6.10 Å². The van der Waals surface area contributed by atoms with E-state index in [0.29, 0.717) is 19.3 Å². The van der Waals surface area contributed by atoms with Crippen LogP contribution in [0.25, 0.3) is 0 Å². The van der Waals surface area contributed by atoms with Gasteiger partial charge < -0.3 is 14.2 Å². The topological polar surface area (TPSA) is 78.9 Å². The summed E-state index contributed by atoms with van der Waals surface area (Å²) in [5.41, 5.74) is 0. The minimum absolute atomic E-state index is 0.0783. The Bertz CT molecular complexity index is 1170. The number of rotatable bonds is 53. The van der Waals surface area contributed by atoms with Crippen molar-refractivity contribution in [2.24, 2.45) is 0 Å². The average Bonchev–Trinajstić information content (AvgIpc) is 3.33. The van der Waals surface area contributed by atoms with Crippen LogP contribution in [0.2, 0.25) is 0 Å². The number of carbonyl (C=O) groups is 3. The molecule has 1 atom stereocenters. The summed E-state index contributed by atoms with van der Waals surface area (Å²) in [6.45, 7) is 6.59. The van der Waals surface area contributed by atoms with Gasteiger partial charge in [0.25, 0.3) is 0 Å². The number of ether oxygens (including phenoxy) is 3. The zero-order valence-corrected chi connectivity index (χ0v) is 44.7. The highest BCUT2D eigenvalue weighted by atomic mass is 16.6. The van der Waals surface area contributed by atoms with Crippen molar-refractivity contribution < 1.29 is 28.6 Å². The summed E-state index contributed by atoms with van der Waals surface area (Å²) in [4.78, 5) is 38.1. The monoisotopic (exact) mass is 939 g/mol. The molecule has 0 amide bonds. The van der Waals surface area contributed by atoms with Crippen molar-refractivity contribution in [2.75, 3.05) is 13.2 Å². The fourth-order valence-corrected chi connectivity index (χ4v) is 8.33. The lowest BCUT2D eigenvalue weighted by Crippen LogP contribution is -2.30. The van der Waals surface area contributed by atoms with E-state index < -0.39 is 6.10 Å². The van der Waals surface area contributed by atoms with E-state index in [0.717, 1.165) is 70.6 Å². The molecule has 0 aliphatic rings. The number of hydrogen-bond donors (Lipinski definition) is 0. The third kappa shape index (κ3) is 54.2. The van der Waals surface area contributed by atoms with Crippen LogP contribution in [0.3, 0.4) is 0 Å². The Morgan fingerprint density at radius 1 is 0.299 bits per heavy atom. The number of hydrogen-bond acceptors (Lipinski definition) is 6. The molecule has 0 fully saturated rings. The quantitative estimate of drug-likeness (QED) is 0.0262. The minimum Gasteiger partial charge on any atom is -0.462 e. The average molecular weight is 940 g/mol. The van der Waals surface area contributed by atoms with Gasteiger partial charge in [-0.05, 0) is 96.3 Å². The highest BCUT2D eigenvalue weighted by Crippen LogP contribution is 2.16. The summed E-state index contributed by atoms with van der Waals surface area (Å²) in [7, 11) is 0. The van der Waals surface area contributed by atoms with Crippen molar-refractivity contribution in [3.05, 3.63) is 48.6 Å². The van der Waals surface area contributed by atoms with Gasteiger partial charge >= 0.3 is 17.9 Å². The number of unbranched alkanes of at least 4 members (excludes halogenated alkanes) is 34. The van der Waals surface area contributed by atoms with Crippen LogP contribution < -0.4 is 0 Å². The fourth-order valence-electron chi connectivity index (χ4n) is 8.33. The Balaban J connectivity index is 4.32. The van der Waals surface area contributed by atoms with Crippen molar-refractivity contribution in [1.82, 2.24) is 0 Å². The molecule has 0 unspecified atom stereocenters. The van der Waals surface area contributed by atoms with Crippen LogP contribution in [-0.4, -0.2) is 37.2 Å². The van der Waals surface area contributed by atoms with Crippen molar-refractivity contribution >= 4 is 17.9 Å². The highest BCUT2D eigenvalue weighted by molar-refractivity contribution is 5.71. The third-order valence-electron chi connectivity index (χ3n) is 12.8. The van der Waals surface area contributed by atoms with Gasteiger partial charge in [-0.2, -0.15) is 0 Å². The van der Waals surface area contributed by atoms with Crippen LogP contribution in [0, 0.1) is 0 Å². The van der Waals surface area contributed by atoms with Gasteiger partial charge in [0.1, 0.15) is 13.2 Å². The van der Waals surface area contributed by atoms with Crippen LogP contribution in [0.1, 0.15) is 303 Å². The predicted octanol–water partition coefficient (Wildman–Crippen LogP) is 19.4. The molecule has 390 valence electrons. The molecule has 67 heavy (non-hydrogen) atoms. The van der Waals surface area contributed by atoms with Crippen molar-refractivity contribution in [1.29, 1.82) is 0 Å². The minimum atomic E-state index is -0.779. The van der Waals surface area contributed by atoms with Gasteiger partial charge in [-0.1, -0.05) is 236 Å². The second-order valence-electron chi connectivity index (χ2n) is 19.5. The first-order valence-corrected chi connectivity index (χ1v) is 29.1. The zero-order valence-electron chi connectivity index (χ0n) is 44.7. The molecule has 0 saturated heterocycles. The molecule has 0 aromatic rings. The van der Waals surface area contributed by atoms with Crippen molar-refractivity contribution in [3.63, 3.8) is 0 Å². The van der Waals surface area contributed by atoms with E-state index in [1.54, 1.807) is 0 Å². The largest absolute Gasteiger partial charge is 0.462 e. The smallest absolute Gasteiger partial charge is 0.306 e. The van der Waals surface area contributed by atoms with E-state index in [9.17, 15) is 14.4 Å². The molecule has 0 N–H and O–H groups in total. The van der Waals surface area contributed by atoms with Crippen LogP contribution in [0.15, 0.2) is 48.6 Å². The Hall–Kier alpha value is -2.63. The summed E-state index contributed by atoms with van der Waals surface area (Å²) < 4.78 is 16.9. The summed E-state index contributed by atoms with van der Waals surface area (Å²) in [5.74, 6) is -0.884. The summed E-state index contributed by atoms with van der Waals surface area (Å²) >= 11 is 0. The molecule has 0 radical (unpaired) electrons. The molecule has 0 spiro atoms. The Morgan fingerprint density at radius 2 is 0.552 bits per heavy atom. The summed E-state index contributed by atoms with van der Waals surface area (Å²) in [6, 6.07) is 0. The van der Waals surface area contributed by atoms with Gasteiger partial charge in [0, 0.05) is 19.3 Å².